The molecule has 0 N–H and O–H groups in total. The number of unbranched alkanes of at least 4 members (excludes halogenated alkanes) is 9. The van der Waals surface area contributed by atoms with Crippen molar-refractivity contribution in [2.75, 3.05) is 11.9 Å². The minimum Gasteiger partial charge on any atom is -0.494 e. The number of rotatable bonds is 14. The lowest BCUT2D eigenvalue weighted by Crippen LogP contribution is -1.98. The van der Waals surface area contributed by atoms with Crippen LogP contribution in [0.4, 0.5) is 0 Å². The van der Waals surface area contributed by atoms with E-state index in [2.05, 4.69) is 54.0 Å². The maximum atomic E-state index is 5.83. The molecule has 0 aliphatic heterocycles. The van der Waals surface area contributed by atoms with Crippen LogP contribution in [0, 0.1) is 0 Å². The average molecular weight is 383 g/mol. The van der Waals surface area contributed by atoms with Gasteiger partial charge in [-0.15, -0.1) is 0 Å². The van der Waals surface area contributed by atoms with Crippen molar-refractivity contribution in [1.82, 2.24) is 0 Å². The Hall–Kier alpha value is -0.500. The van der Waals surface area contributed by atoms with Gasteiger partial charge in [-0.25, -0.2) is 0 Å². The van der Waals surface area contributed by atoms with E-state index in [1.54, 1.807) is 0 Å². The van der Waals surface area contributed by atoms with Crippen LogP contribution >= 0.6 is 15.9 Å². The molecule has 1 nitrogen and oxygen atoms in total. The van der Waals surface area contributed by atoms with Crippen molar-refractivity contribution in [3.63, 3.8) is 0 Å². The molecule has 1 atom stereocenters. The Balaban J connectivity index is 1.96. The molecule has 132 valence electrons. The number of benzene rings is 1. The summed E-state index contributed by atoms with van der Waals surface area (Å²) >= 11 is 3.53. The predicted octanol–water partition coefficient (Wildman–Crippen LogP) is 7.48. The molecule has 0 fully saturated rings. The number of hydrogen-bond donors (Lipinski definition) is 0. The highest BCUT2D eigenvalue weighted by Crippen LogP contribution is 2.21. The average Bonchev–Trinajstić information content (AvgIpc) is 2.59. The van der Waals surface area contributed by atoms with Gasteiger partial charge in [-0.2, -0.15) is 0 Å². The summed E-state index contributed by atoms with van der Waals surface area (Å²) in [4.78, 5) is 0. The van der Waals surface area contributed by atoms with Gasteiger partial charge in [0, 0.05) is 5.33 Å². The number of ether oxygens (including phenoxy) is 1. The van der Waals surface area contributed by atoms with Gasteiger partial charge >= 0.3 is 0 Å². The van der Waals surface area contributed by atoms with E-state index in [0.717, 1.165) is 17.7 Å². The summed E-state index contributed by atoms with van der Waals surface area (Å²) < 4.78 is 5.83. The largest absolute Gasteiger partial charge is 0.494 e. The maximum Gasteiger partial charge on any atom is 0.119 e. The molecule has 0 radical (unpaired) electrons. The third-order valence-corrected chi connectivity index (χ3v) is 5.42. The first kappa shape index (κ1) is 20.5. The Morgan fingerprint density at radius 3 is 1.87 bits per heavy atom. The van der Waals surface area contributed by atoms with Crippen molar-refractivity contribution in [1.29, 1.82) is 0 Å². The molecule has 0 heterocycles. The molecule has 0 amide bonds. The maximum absolute atomic E-state index is 5.83. The van der Waals surface area contributed by atoms with E-state index in [4.69, 9.17) is 4.74 Å². The van der Waals surface area contributed by atoms with E-state index < -0.39 is 0 Å². The van der Waals surface area contributed by atoms with Gasteiger partial charge in [-0.1, -0.05) is 99.7 Å². The summed E-state index contributed by atoms with van der Waals surface area (Å²) in [5.41, 5.74) is 1.37. The topological polar surface area (TPSA) is 9.23 Å². The second kappa shape index (κ2) is 13.9. The molecular formula is C21H35BrO. The Morgan fingerprint density at radius 2 is 1.35 bits per heavy atom. The van der Waals surface area contributed by atoms with Gasteiger partial charge in [0.15, 0.2) is 0 Å². The molecular weight excluding hydrogens is 348 g/mol. The molecule has 1 aromatic carbocycles. The number of hydrogen-bond acceptors (Lipinski definition) is 1. The molecule has 0 saturated heterocycles. The molecule has 0 aromatic heterocycles. The standard InChI is InChI=1S/C21H35BrO/c1-3-4-5-6-7-8-9-10-11-12-17-23-21-15-13-20(14-16-21)19(2)18-22/h13-16,19H,3-12,17-18H2,1-2H3. The summed E-state index contributed by atoms with van der Waals surface area (Å²) in [6, 6.07) is 8.56. The highest BCUT2D eigenvalue weighted by atomic mass is 79.9. The van der Waals surface area contributed by atoms with E-state index >= 15 is 0 Å². The number of alkyl halides is 1. The fourth-order valence-corrected chi connectivity index (χ4v) is 3.14. The van der Waals surface area contributed by atoms with Gasteiger partial charge in [0.1, 0.15) is 5.75 Å². The second-order valence-corrected chi connectivity index (χ2v) is 7.30. The van der Waals surface area contributed by atoms with E-state index in [9.17, 15) is 0 Å². The second-order valence-electron chi connectivity index (χ2n) is 6.65. The van der Waals surface area contributed by atoms with Crippen LogP contribution in [0.3, 0.4) is 0 Å². The zero-order chi connectivity index (χ0) is 16.8. The van der Waals surface area contributed by atoms with Crippen molar-refractivity contribution >= 4 is 15.9 Å². The van der Waals surface area contributed by atoms with Crippen molar-refractivity contribution in [2.24, 2.45) is 0 Å². The highest BCUT2D eigenvalue weighted by molar-refractivity contribution is 9.09. The third kappa shape index (κ3) is 10.1. The van der Waals surface area contributed by atoms with Crippen LogP contribution in [0.5, 0.6) is 5.75 Å². The van der Waals surface area contributed by atoms with Gasteiger partial charge in [0.25, 0.3) is 0 Å². The van der Waals surface area contributed by atoms with Gasteiger partial charge in [-0.3, -0.25) is 0 Å². The smallest absolute Gasteiger partial charge is 0.119 e. The van der Waals surface area contributed by atoms with Crippen LogP contribution in [-0.4, -0.2) is 11.9 Å². The zero-order valence-electron chi connectivity index (χ0n) is 15.2. The van der Waals surface area contributed by atoms with Crippen LogP contribution in [0.2, 0.25) is 0 Å². The van der Waals surface area contributed by atoms with E-state index in [0.29, 0.717) is 5.92 Å². The van der Waals surface area contributed by atoms with E-state index in [1.165, 1.54) is 69.8 Å². The fourth-order valence-electron chi connectivity index (χ4n) is 2.76. The predicted molar refractivity (Wildman–Crippen MR) is 106 cm³/mol. The van der Waals surface area contributed by atoms with Crippen molar-refractivity contribution in [3.8, 4) is 5.75 Å². The van der Waals surface area contributed by atoms with Gasteiger partial charge in [-0.05, 0) is 30.0 Å². The molecule has 2 heteroatoms. The summed E-state index contributed by atoms with van der Waals surface area (Å²) in [6.45, 7) is 5.36. The molecule has 0 aliphatic rings. The van der Waals surface area contributed by atoms with Crippen LogP contribution in [-0.2, 0) is 0 Å². The Bertz CT molecular complexity index is 374. The monoisotopic (exact) mass is 382 g/mol. The summed E-state index contributed by atoms with van der Waals surface area (Å²) in [6.07, 6.45) is 13.7. The zero-order valence-corrected chi connectivity index (χ0v) is 16.7. The summed E-state index contributed by atoms with van der Waals surface area (Å²) in [5.74, 6) is 1.57. The van der Waals surface area contributed by atoms with Crippen LogP contribution in [0.15, 0.2) is 24.3 Å². The van der Waals surface area contributed by atoms with Crippen LogP contribution < -0.4 is 4.74 Å². The summed E-state index contributed by atoms with van der Waals surface area (Å²) in [7, 11) is 0. The molecule has 0 spiro atoms. The first-order valence-electron chi connectivity index (χ1n) is 9.56. The van der Waals surface area contributed by atoms with Crippen molar-refractivity contribution < 1.29 is 4.74 Å². The minimum atomic E-state index is 0.561. The Kier molecular flexibility index (Phi) is 12.4. The van der Waals surface area contributed by atoms with E-state index in [-0.39, 0.29) is 0 Å². The van der Waals surface area contributed by atoms with Crippen LogP contribution in [0.1, 0.15) is 89.5 Å². The highest BCUT2D eigenvalue weighted by Gasteiger charge is 2.03. The first-order chi connectivity index (χ1) is 11.3. The molecule has 23 heavy (non-hydrogen) atoms. The van der Waals surface area contributed by atoms with Gasteiger partial charge in [0.05, 0.1) is 6.61 Å². The fraction of sp³-hybridized carbons (Fsp3) is 0.714. The molecule has 0 aliphatic carbocycles. The SMILES string of the molecule is CCCCCCCCCCCCOc1ccc(C(C)CBr)cc1. The molecule has 1 unspecified atom stereocenters. The first-order valence-corrected chi connectivity index (χ1v) is 10.7. The lowest BCUT2D eigenvalue weighted by atomic mass is 10.0. The lowest BCUT2D eigenvalue weighted by molar-refractivity contribution is 0.304. The normalized spacial score (nSPS) is 12.3. The van der Waals surface area contributed by atoms with E-state index in [1.807, 2.05) is 0 Å². The lowest BCUT2D eigenvalue weighted by Gasteiger charge is -2.10. The molecule has 1 aromatic rings. The molecule has 0 bridgehead atoms. The van der Waals surface area contributed by atoms with Crippen molar-refractivity contribution in [2.45, 2.75) is 84.0 Å². The molecule has 0 saturated carbocycles. The van der Waals surface area contributed by atoms with Gasteiger partial charge in [0.2, 0.25) is 0 Å². The van der Waals surface area contributed by atoms with Gasteiger partial charge < -0.3 is 4.74 Å². The molecule has 1 rings (SSSR count). The quantitative estimate of drug-likeness (QED) is 0.239. The minimum absolute atomic E-state index is 0.561. The Morgan fingerprint density at radius 1 is 0.826 bits per heavy atom. The third-order valence-electron chi connectivity index (χ3n) is 4.45. The van der Waals surface area contributed by atoms with Crippen LogP contribution in [0.25, 0.3) is 0 Å². The van der Waals surface area contributed by atoms with Crippen molar-refractivity contribution in [3.05, 3.63) is 29.8 Å². The number of halogens is 1. The summed E-state index contributed by atoms with van der Waals surface area (Å²) in [5, 5.41) is 1.01. The Labute approximate surface area is 152 Å².